The molecule has 5 aliphatic rings. The molecule has 0 radical (unpaired) electrons. The summed E-state index contributed by atoms with van der Waals surface area (Å²) < 4.78 is 5.42. The first-order chi connectivity index (χ1) is 19.0. The largest absolute Gasteiger partial charge is 0.481 e. The molecule has 6 nitrogen and oxygen atoms in total. The van der Waals surface area contributed by atoms with Crippen molar-refractivity contribution in [2.75, 3.05) is 19.8 Å². The maximum absolute atomic E-state index is 13.9. The van der Waals surface area contributed by atoms with Crippen LogP contribution in [0.25, 0.3) is 0 Å². The summed E-state index contributed by atoms with van der Waals surface area (Å²) in [5.41, 5.74) is 0.0823. The number of Topliss-reactive ketones (excluding diaryl/α,β-unsaturated/α-hetero) is 1. The number of allylic oxidation sites excluding steroid dienone is 2. The van der Waals surface area contributed by atoms with Gasteiger partial charge in [0.1, 0.15) is 0 Å². The number of ketones is 1. The fourth-order valence-electron chi connectivity index (χ4n) is 11.3. The Labute approximate surface area is 247 Å². The fourth-order valence-corrected chi connectivity index (χ4v) is 11.3. The minimum absolute atomic E-state index is 0.0129. The van der Waals surface area contributed by atoms with Crippen molar-refractivity contribution < 1.29 is 24.2 Å². The number of hydrogen-bond acceptors (Lipinski definition) is 4. The molecule has 41 heavy (non-hydrogen) atoms. The van der Waals surface area contributed by atoms with Gasteiger partial charge in [0.2, 0.25) is 5.91 Å². The van der Waals surface area contributed by atoms with Crippen LogP contribution in [0, 0.1) is 56.2 Å². The highest BCUT2D eigenvalue weighted by atomic mass is 16.5. The van der Waals surface area contributed by atoms with E-state index in [9.17, 15) is 19.5 Å². The number of nitrogens with one attached hydrogen (secondary N) is 1. The summed E-state index contributed by atoms with van der Waals surface area (Å²) in [7, 11) is 0. The van der Waals surface area contributed by atoms with Crippen molar-refractivity contribution in [2.45, 2.75) is 113 Å². The second-order valence-electron chi connectivity index (χ2n) is 16.5. The Morgan fingerprint density at radius 1 is 0.976 bits per heavy atom. The molecule has 0 aromatic carbocycles. The minimum atomic E-state index is -0.644. The number of carboxylic acids is 1. The summed E-state index contributed by atoms with van der Waals surface area (Å²) in [6.45, 7) is 19.5. The number of carboxylic acid groups (broad SMARTS) is 1. The molecule has 0 spiro atoms. The second-order valence-corrected chi connectivity index (χ2v) is 16.5. The van der Waals surface area contributed by atoms with Gasteiger partial charge in [-0.25, -0.2) is 0 Å². The van der Waals surface area contributed by atoms with Gasteiger partial charge in [0.05, 0.1) is 17.9 Å². The molecule has 4 saturated carbocycles. The zero-order chi connectivity index (χ0) is 30.2. The number of fused-ring (bicyclic) bond motifs is 7. The quantitative estimate of drug-likeness (QED) is 0.208. The fraction of sp³-hybridized carbons (Fsp3) is 0.857. The Hall–Kier alpha value is -1.69. The first-order valence-electron chi connectivity index (χ1n) is 16.3. The average molecular weight is 570 g/mol. The molecule has 0 aromatic heterocycles. The van der Waals surface area contributed by atoms with Gasteiger partial charge in [-0.2, -0.15) is 0 Å². The number of aliphatic carboxylic acids is 1. The van der Waals surface area contributed by atoms with Crippen LogP contribution in [0.5, 0.6) is 0 Å². The summed E-state index contributed by atoms with van der Waals surface area (Å²) in [6.07, 6.45) is 10.3. The van der Waals surface area contributed by atoms with Crippen LogP contribution in [-0.2, 0) is 19.1 Å². The molecule has 6 heteroatoms. The Morgan fingerprint density at radius 3 is 2.32 bits per heavy atom. The smallest absolute Gasteiger partial charge is 0.310 e. The van der Waals surface area contributed by atoms with Crippen molar-refractivity contribution in [3.63, 3.8) is 0 Å². The van der Waals surface area contributed by atoms with Crippen LogP contribution in [0.4, 0.5) is 0 Å². The van der Waals surface area contributed by atoms with Gasteiger partial charge in [-0.05, 0) is 104 Å². The van der Waals surface area contributed by atoms with Gasteiger partial charge in [0.15, 0.2) is 5.78 Å². The lowest BCUT2D eigenvalue weighted by atomic mass is 9.33. The molecule has 4 unspecified atom stereocenters. The minimum Gasteiger partial charge on any atom is -0.481 e. The number of amides is 1. The molecule has 5 aliphatic carbocycles. The van der Waals surface area contributed by atoms with E-state index >= 15 is 0 Å². The Bertz CT molecular complexity index is 1140. The van der Waals surface area contributed by atoms with Crippen molar-refractivity contribution in [3.05, 3.63) is 11.6 Å². The maximum Gasteiger partial charge on any atom is 0.310 e. The number of ether oxygens (including phenoxy) is 1. The van der Waals surface area contributed by atoms with E-state index in [1.54, 1.807) is 0 Å². The molecule has 8 atom stereocenters. The molecule has 1 amide bonds. The average Bonchev–Trinajstić information content (AvgIpc) is 2.88. The number of carbonyl (C=O) groups is 3. The first kappa shape index (κ1) is 30.8. The molecular formula is C35H55NO5. The van der Waals surface area contributed by atoms with E-state index in [0.717, 1.165) is 51.4 Å². The van der Waals surface area contributed by atoms with Gasteiger partial charge in [0, 0.05) is 18.6 Å². The number of carbonyl (C=O) groups excluding carboxylic acids is 2. The second kappa shape index (κ2) is 9.92. The van der Waals surface area contributed by atoms with Gasteiger partial charge in [-0.1, -0.05) is 60.1 Å². The highest BCUT2D eigenvalue weighted by Gasteiger charge is 2.70. The van der Waals surface area contributed by atoms with E-state index in [1.807, 2.05) is 6.92 Å². The summed E-state index contributed by atoms with van der Waals surface area (Å²) in [6, 6.07) is 0. The van der Waals surface area contributed by atoms with Gasteiger partial charge in [-0.15, -0.1) is 0 Å². The van der Waals surface area contributed by atoms with E-state index < -0.39 is 22.7 Å². The van der Waals surface area contributed by atoms with E-state index in [2.05, 4.69) is 59.9 Å². The van der Waals surface area contributed by atoms with E-state index in [0.29, 0.717) is 32.1 Å². The number of rotatable bonds is 6. The normalized spacial score (nSPS) is 44.4. The SMILES string of the molecule is CCOCCNC(=O)C1C[C@@]2(C)C(CC[C@]3(C)C2CC=C2C4CC(C)(C)CC[C@]4(C(=O)O)CC[C@]23C)C(C)(C)C1=O. The Morgan fingerprint density at radius 2 is 1.66 bits per heavy atom. The molecule has 0 heterocycles. The van der Waals surface area contributed by atoms with E-state index in [4.69, 9.17) is 4.74 Å². The molecule has 5 rings (SSSR count). The highest BCUT2D eigenvalue weighted by molar-refractivity contribution is 6.04. The molecule has 4 fully saturated rings. The molecule has 0 bridgehead atoms. The van der Waals surface area contributed by atoms with Gasteiger partial charge < -0.3 is 15.2 Å². The van der Waals surface area contributed by atoms with Crippen molar-refractivity contribution in [3.8, 4) is 0 Å². The maximum atomic E-state index is 13.9. The third kappa shape index (κ3) is 4.31. The highest BCUT2D eigenvalue weighted by Crippen LogP contribution is 2.75. The van der Waals surface area contributed by atoms with Crippen molar-refractivity contribution in [1.82, 2.24) is 5.32 Å². The summed E-state index contributed by atoms with van der Waals surface area (Å²) in [4.78, 5) is 40.2. The zero-order valence-corrected chi connectivity index (χ0v) is 27.0. The van der Waals surface area contributed by atoms with Crippen molar-refractivity contribution in [1.29, 1.82) is 0 Å². The van der Waals surface area contributed by atoms with E-state index in [1.165, 1.54) is 5.57 Å². The van der Waals surface area contributed by atoms with Crippen LogP contribution in [0.15, 0.2) is 11.6 Å². The van der Waals surface area contributed by atoms with Gasteiger partial charge >= 0.3 is 5.97 Å². The summed E-state index contributed by atoms with van der Waals surface area (Å²) in [5, 5.41) is 13.6. The predicted octanol–water partition coefficient (Wildman–Crippen LogP) is 6.82. The van der Waals surface area contributed by atoms with Gasteiger partial charge in [-0.3, -0.25) is 14.4 Å². The van der Waals surface area contributed by atoms with Crippen molar-refractivity contribution in [2.24, 2.45) is 56.2 Å². The third-order valence-corrected chi connectivity index (χ3v) is 13.9. The van der Waals surface area contributed by atoms with Gasteiger partial charge in [0.25, 0.3) is 0 Å². The monoisotopic (exact) mass is 569 g/mol. The summed E-state index contributed by atoms with van der Waals surface area (Å²) in [5.74, 6) is -0.665. The Kier molecular flexibility index (Phi) is 7.44. The van der Waals surface area contributed by atoms with Crippen molar-refractivity contribution >= 4 is 17.7 Å². The van der Waals surface area contributed by atoms with Crippen LogP contribution in [0.1, 0.15) is 113 Å². The predicted molar refractivity (Wildman–Crippen MR) is 160 cm³/mol. The molecule has 2 N–H and O–H groups in total. The van der Waals surface area contributed by atoms with Crippen LogP contribution >= 0.6 is 0 Å². The molecule has 230 valence electrons. The zero-order valence-electron chi connectivity index (χ0n) is 27.0. The van der Waals surface area contributed by atoms with E-state index in [-0.39, 0.29) is 45.2 Å². The molecule has 0 aromatic rings. The topological polar surface area (TPSA) is 92.7 Å². The lowest BCUT2D eigenvalue weighted by molar-refractivity contribution is -0.195. The third-order valence-electron chi connectivity index (χ3n) is 13.9. The first-order valence-corrected chi connectivity index (χ1v) is 16.3. The van der Waals surface area contributed by atoms with Crippen LogP contribution in [0.2, 0.25) is 0 Å². The van der Waals surface area contributed by atoms with Crippen LogP contribution < -0.4 is 5.32 Å². The lowest BCUT2D eigenvalue weighted by Crippen LogP contribution is -2.66. The van der Waals surface area contributed by atoms with Crippen LogP contribution in [-0.4, -0.2) is 42.5 Å². The lowest BCUT2D eigenvalue weighted by Gasteiger charge is -2.70. The molecular weight excluding hydrogens is 514 g/mol. The summed E-state index contributed by atoms with van der Waals surface area (Å²) >= 11 is 0. The Balaban J connectivity index is 1.52. The molecule has 0 saturated heterocycles. The molecule has 0 aliphatic heterocycles. The van der Waals surface area contributed by atoms with Crippen LogP contribution in [0.3, 0.4) is 0 Å². The standard InChI is InChI=1S/C35H55NO5/c1-9-41-19-18-36-28(38)22-20-32(6)25(31(4,5)27(22)37)12-13-34(8)26(32)11-10-23-24-21-30(2,3)14-16-35(24,29(39)40)17-15-33(23,34)7/h10,22,24-26H,9,11-21H2,1-8H3,(H,36,38)(H,39,40)/t22?,24?,25?,26?,32-,33+,34+,35-/m0/s1. The number of hydrogen-bond donors (Lipinski definition) is 2.